The second kappa shape index (κ2) is 3.84. The molecule has 0 spiro atoms. The molecule has 2 rings (SSSR count). The van der Waals surface area contributed by atoms with E-state index in [4.69, 9.17) is 9.84 Å². The van der Waals surface area contributed by atoms with Crippen molar-refractivity contribution in [1.29, 1.82) is 0 Å². The molecule has 5 heteroatoms. The molecule has 0 radical (unpaired) electrons. The van der Waals surface area contributed by atoms with Gasteiger partial charge in [-0.2, -0.15) is 0 Å². The number of hydrogen-bond donors (Lipinski definition) is 1. The van der Waals surface area contributed by atoms with Crippen LogP contribution in [-0.2, 0) is 9.59 Å². The van der Waals surface area contributed by atoms with E-state index < -0.39 is 12.1 Å². The van der Waals surface area contributed by atoms with Crippen molar-refractivity contribution in [2.45, 2.75) is 13.0 Å². The van der Waals surface area contributed by atoms with Gasteiger partial charge in [0.2, 0.25) is 12.0 Å². The molecule has 0 aliphatic carbocycles. The van der Waals surface area contributed by atoms with Crippen molar-refractivity contribution in [3.05, 3.63) is 24.3 Å². The van der Waals surface area contributed by atoms with Crippen LogP contribution in [0.15, 0.2) is 24.3 Å². The third-order valence-corrected chi connectivity index (χ3v) is 2.43. The van der Waals surface area contributed by atoms with Gasteiger partial charge < -0.3 is 14.7 Å². The van der Waals surface area contributed by atoms with Crippen molar-refractivity contribution in [2.75, 3.05) is 11.4 Å². The van der Waals surface area contributed by atoms with E-state index in [9.17, 15) is 9.59 Å². The third kappa shape index (κ3) is 1.71. The number of rotatable bonds is 1. The van der Waals surface area contributed by atoms with Crippen LogP contribution >= 0.6 is 0 Å². The first-order valence-corrected chi connectivity index (χ1v) is 4.86. The van der Waals surface area contributed by atoms with Crippen molar-refractivity contribution < 1.29 is 19.4 Å². The fourth-order valence-corrected chi connectivity index (χ4v) is 1.66. The first kappa shape index (κ1) is 10.5. The second-order valence-corrected chi connectivity index (χ2v) is 3.54. The number of aliphatic carboxylic acids is 1. The van der Waals surface area contributed by atoms with Gasteiger partial charge in [0, 0.05) is 6.92 Å². The maximum Gasteiger partial charge on any atom is 0.346 e. The van der Waals surface area contributed by atoms with E-state index in [0.717, 1.165) is 0 Å². The van der Waals surface area contributed by atoms with E-state index in [1.807, 2.05) is 0 Å². The van der Waals surface area contributed by atoms with E-state index >= 15 is 0 Å². The van der Waals surface area contributed by atoms with Gasteiger partial charge in [-0.15, -0.1) is 0 Å². The Morgan fingerprint density at radius 3 is 2.75 bits per heavy atom. The Hall–Kier alpha value is -2.04. The van der Waals surface area contributed by atoms with Gasteiger partial charge in [-0.3, -0.25) is 4.79 Å². The number of carbonyl (C=O) groups excluding carboxylic acids is 1. The van der Waals surface area contributed by atoms with Gasteiger partial charge in [-0.05, 0) is 12.1 Å². The van der Waals surface area contributed by atoms with Crippen LogP contribution < -0.4 is 9.64 Å². The van der Waals surface area contributed by atoms with Crippen LogP contribution in [-0.4, -0.2) is 29.6 Å². The summed E-state index contributed by atoms with van der Waals surface area (Å²) in [6.45, 7) is 1.45. The molecule has 0 saturated heterocycles. The Morgan fingerprint density at radius 2 is 2.12 bits per heavy atom. The summed E-state index contributed by atoms with van der Waals surface area (Å²) in [7, 11) is 0. The number of anilines is 1. The first-order valence-electron chi connectivity index (χ1n) is 4.86. The molecule has 0 bridgehead atoms. The zero-order valence-corrected chi connectivity index (χ0v) is 8.71. The lowest BCUT2D eigenvalue weighted by Crippen LogP contribution is -2.46. The van der Waals surface area contributed by atoms with Crippen molar-refractivity contribution in [3.63, 3.8) is 0 Å². The molecule has 0 fully saturated rings. The summed E-state index contributed by atoms with van der Waals surface area (Å²) in [5, 5.41) is 8.90. The number of carboxylic acids is 1. The fraction of sp³-hybridized carbons (Fsp3) is 0.273. The molecule has 1 aromatic carbocycles. The lowest BCUT2D eigenvalue weighted by Gasteiger charge is -2.32. The van der Waals surface area contributed by atoms with Crippen molar-refractivity contribution in [3.8, 4) is 5.75 Å². The van der Waals surface area contributed by atoms with Crippen LogP contribution in [0.1, 0.15) is 6.92 Å². The number of carboxylic acid groups (broad SMARTS) is 1. The van der Waals surface area contributed by atoms with Crippen LogP contribution in [0.25, 0.3) is 0 Å². The standard InChI is InChI=1S/C11H11NO4/c1-7(13)12-6-10(11(14)15)16-9-5-3-2-4-8(9)12/h2-5,10H,6H2,1H3,(H,14,15)/t10-/m0/s1. The smallest absolute Gasteiger partial charge is 0.346 e. The van der Waals surface area contributed by atoms with Crippen molar-refractivity contribution in [1.82, 2.24) is 0 Å². The summed E-state index contributed by atoms with van der Waals surface area (Å²) < 4.78 is 5.28. The summed E-state index contributed by atoms with van der Waals surface area (Å²) in [5.41, 5.74) is 0.618. The topological polar surface area (TPSA) is 66.8 Å². The highest BCUT2D eigenvalue weighted by atomic mass is 16.5. The number of para-hydroxylation sites is 2. The van der Waals surface area contributed by atoms with Crippen molar-refractivity contribution >= 4 is 17.6 Å². The number of carbonyl (C=O) groups is 2. The molecule has 5 nitrogen and oxygen atoms in total. The molecule has 1 aromatic rings. The number of nitrogens with zero attached hydrogens (tertiary/aromatic N) is 1. The third-order valence-electron chi connectivity index (χ3n) is 2.43. The Balaban J connectivity index is 2.41. The van der Waals surface area contributed by atoms with Gasteiger partial charge in [-0.1, -0.05) is 12.1 Å². The molecule has 1 N–H and O–H groups in total. The highest BCUT2D eigenvalue weighted by Gasteiger charge is 2.31. The van der Waals surface area contributed by atoms with Gasteiger partial charge in [0.1, 0.15) is 5.75 Å². The van der Waals surface area contributed by atoms with Gasteiger partial charge in [0.25, 0.3) is 0 Å². The Morgan fingerprint density at radius 1 is 1.44 bits per heavy atom. The number of amides is 1. The van der Waals surface area contributed by atoms with E-state index in [0.29, 0.717) is 11.4 Å². The van der Waals surface area contributed by atoms with Crippen LogP contribution in [0.2, 0.25) is 0 Å². The summed E-state index contributed by atoms with van der Waals surface area (Å²) in [6, 6.07) is 6.90. The minimum absolute atomic E-state index is 0.0433. The largest absolute Gasteiger partial charge is 0.478 e. The fourth-order valence-electron chi connectivity index (χ4n) is 1.66. The van der Waals surface area contributed by atoms with Crippen LogP contribution in [0, 0.1) is 0 Å². The lowest BCUT2D eigenvalue weighted by atomic mass is 10.2. The van der Waals surface area contributed by atoms with E-state index in [1.165, 1.54) is 11.8 Å². The van der Waals surface area contributed by atoms with Crippen LogP contribution in [0.4, 0.5) is 5.69 Å². The monoisotopic (exact) mass is 221 g/mol. The number of fused-ring (bicyclic) bond motifs is 1. The average molecular weight is 221 g/mol. The highest BCUT2D eigenvalue weighted by Crippen LogP contribution is 2.32. The summed E-state index contributed by atoms with van der Waals surface area (Å²) in [4.78, 5) is 23.7. The van der Waals surface area contributed by atoms with E-state index in [-0.39, 0.29) is 12.5 Å². The zero-order valence-electron chi connectivity index (χ0n) is 8.71. The van der Waals surface area contributed by atoms with E-state index in [1.54, 1.807) is 24.3 Å². The number of ether oxygens (including phenoxy) is 1. The van der Waals surface area contributed by atoms with Crippen LogP contribution in [0.3, 0.4) is 0 Å². The predicted molar refractivity (Wildman–Crippen MR) is 56.5 cm³/mol. The summed E-state index contributed by atoms with van der Waals surface area (Å²) in [5.74, 6) is -0.834. The normalized spacial score (nSPS) is 18.6. The first-order chi connectivity index (χ1) is 7.59. The Kier molecular flexibility index (Phi) is 2.52. The molecule has 1 atom stereocenters. The predicted octanol–water partition coefficient (Wildman–Crippen LogP) is 0.885. The molecule has 0 saturated carbocycles. The minimum Gasteiger partial charge on any atom is -0.478 e. The molecular weight excluding hydrogens is 210 g/mol. The molecule has 1 aliphatic rings. The number of benzene rings is 1. The molecule has 16 heavy (non-hydrogen) atoms. The Bertz CT molecular complexity index is 443. The van der Waals surface area contributed by atoms with Gasteiger partial charge in [0.15, 0.2) is 0 Å². The molecule has 1 heterocycles. The Labute approximate surface area is 92.2 Å². The second-order valence-electron chi connectivity index (χ2n) is 3.54. The van der Waals surface area contributed by atoms with Crippen LogP contribution in [0.5, 0.6) is 5.75 Å². The molecule has 1 aliphatic heterocycles. The summed E-state index contributed by atoms with van der Waals surface area (Å²) >= 11 is 0. The summed E-state index contributed by atoms with van der Waals surface area (Å²) in [6.07, 6.45) is -1.00. The highest BCUT2D eigenvalue weighted by molar-refractivity contribution is 5.95. The molecule has 0 unspecified atom stereocenters. The molecular formula is C11H11NO4. The molecule has 0 aromatic heterocycles. The molecule has 1 amide bonds. The SMILES string of the molecule is CC(=O)N1C[C@@H](C(=O)O)Oc2ccccc21. The molecule has 84 valence electrons. The average Bonchev–Trinajstić information content (AvgIpc) is 2.27. The van der Waals surface area contributed by atoms with Gasteiger partial charge in [-0.25, -0.2) is 4.79 Å². The van der Waals surface area contributed by atoms with E-state index in [2.05, 4.69) is 0 Å². The minimum atomic E-state index is -1.07. The van der Waals surface area contributed by atoms with Gasteiger partial charge >= 0.3 is 5.97 Å². The maximum atomic E-state index is 11.4. The van der Waals surface area contributed by atoms with Gasteiger partial charge in [0.05, 0.1) is 12.2 Å². The number of hydrogen-bond acceptors (Lipinski definition) is 3. The lowest BCUT2D eigenvalue weighted by molar-refractivity contribution is -0.145. The zero-order chi connectivity index (χ0) is 11.7. The maximum absolute atomic E-state index is 11.4. The quantitative estimate of drug-likeness (QED) is 0.764. The van der Waals surface area contributed by atoms with Crippen molar-refractivity contribution in [2.24, 2.45) is 0 Å².